The van der Waals surface area contributed by atoms with Crippen molar-refractivity contribution in [3.8, 4) is 17.2 Å². The highest BCUT2D eigenvalue weighted by atomic mass is 35.5. The van der Waals surface area contributed by atoms with Crippen LogP contribution in [0.4, 0.5) is 0 Å². The summed E-state index contributed by atoms with van der Waals surface area (Å²) in [5.41, 5.74) is 3.66. The minimum absolute atomic E-state index is 0.139. The van der Waals surface area contributed by atoms with Gasteiger partial charge in [0.1, 0.15) is 11.3 Å². The van der Waals surface area contributed by atoms with Crippen molar-refractivity contribution in [1.82, 2.24) is 5.43 Å². The molecule has 1 N–H and O–H groups in total. The molecule has 1 aliphatic heterocycles. The maximum Gasteiger partial charge on any atom is 0.307 e. The fourth-order valence-corrected chi connectivity index (χ4v) is 2.84. The lowest BCUT2D eigenvalue weighted by Crippen LogP contribution is -2.16. The Bertz CT molecular complexity index is 1040. The number of fused-ring (bicyclic) bond motifs is 2. The van der Waals surface area contributed by atoms with Crippen LogP contribution in [0.2, 0.25) is 5.02 Å². The van der Waals surface area contributed by atoms with Crippen molar-refractivity contribution < 1.29 is 23.4 Å². The summed E-state index contributed by atoms with van der Waals surface area (Å²) < 4.78 is 21.8. The Hall–Kier alpha value is -3.19. The van der Waals surface area contributed by atoms with E-state index in [1.807, 2.05) is 6.92 Å². The average molecular weight is 387 g/mol. The number of furan rings is 1. The smallest absolute Gasteiger partial charge is 0.307 e. The van der Waals surface area contributed by atoms with Crippen molar-refractivity contribution in [2.75, 3.05) is 13.4 Å². The highest BCUT2D eigenvalue weighted by Crippen LogP contribution is 2.37. The number of benzene rings is 2. The highest BCUT2D eigenvalue weighted by Gasteiger charge is 2.17. The number of nitrogens with zero attached hydrogens (tertiary/aromatic N) is 1. The van der Waals surface area contributed by atoms with Crippen molar-refractivity contribution in [3.05, 3.63) is 52.7 Å². The third-order valence-electron chi connectivity index (χ3n) is 3.88. The molecule has 0 saturated carbocycles. The molecule has 1 aliphatic rings. The molecule has 0 fully saturated rings. The van der Waals surface area contributed by atoms with Crippen molar-refractivity contribution in [3.63, 3.8) is 0 Å². The van der Waals surface area contributed by atoms with Crippen LogP contribution in [-0.4, -0.2) is 25.5 Å². The summed E-state index contributed by atoms with van der Waals surface area (Å²) in [5, 5.41) is 5.30. The SMILES string of the molecule is CCOc1cc2c(cc1/C=N/NC(=O)c1cc3cc(Cl)ccc3o1)OCO2. The Balaban J connectivity index is 1.52. The molecule has 8 heteroatoms. The third kappa shape index (κ3) is 3.54. The summed E-state index contributed by atoms with van der Waals surface area (Å²) in [4.78, 5) is 12.3. The maximum absolute atomic E-state index is 12.3. The van der Waals surface area contributed by atoms with E-state index in [0.29, 0.717) is 40.0 Å². The normalized spacial score (nSPS) is 12.7. The molecule has 0 aliphatic carbocycles. The number of halogens is 1. The lowest BCUT2D eigenvalue weighted by Gasteiger charge is -2.08. The van der Waals surface area contributed by atoms with Gasteiger partial charge >= 0.3 is 5.91 Å². The van der Waals surface area contributed by atoms with Crippen molar-refractivity contribution >= 4 is 34.7 Å². The van der Waals surface area contributed by atoms with Gasteiger partial charge in [-0.3, -0.25) is 4.79 Å². The Morgan fingerprint density at radius 1 is 1.26 bits per heavy atom. The summed E-state index contributed by atoms with van der Waals surface area (Å²) in [6, 6.07) is 10.2. The first kappa shape index (κ1) is 17.2. The van der Waals surface area contributed by atoms with E-state index >= 15 is 0 Å². The molecule has 2 heterocycles. The first-order valence-corrected chi connectivity index (χ1v) is 8.61. The molecule has 0 unspecified atom stereocenters. The van der Waals surface area contributed by atoms with E-state index in [2.05, 4.69) is 10.5 Å². The quantitative estimate of drug-likeness (QED) is 0.529. The topological polar surface area (TPSA) is 82.3 Å². The summed E-state index contributed by atoms with van der Waals surface area (Å²) in [5.74, 6) is 1.46. The predicted molar refractivity (Wildman–Crippen MR) is 100 cm³/mol. The monoisotopic (exact) mass is 386 g/mol. The Kier molecular flexibility index (Phi) is 4.60. The second kappa shape index (κ2) is 7.20. The Labute approximate surface area is 159 Å². The van der Waals surface area contributed by atoms with E-state index in [0.717, 1.165) is 5.39 Å². The van der Waals surface area contributed by atoms with Gasteiger partial charge < -0.3 is 18.6 Å². The number of rotatable bonds is 5. The van der Waals surface area contributed by atoms with Gasteiger partial charge in [-0.15, -0.1) is 0 Å². The summed E-state index contributed by atoms with van der Waals surface area (Å²) in [6.07, 6.45) is 1.48. The molecule has 27 heavy (non-hydrogen) atoms. The first-order chi connectivity index (χ1) is 13.1. The standard InChI is InChI=1S/C19H15ClN2O5/c1-2-24-15-8-17-16(25-10-26-17)7-12(15)9-21-22-19(23)18-6-11-5-13(20)3-4-14(11)27-18/h3-9H,2,10H2,1H3,(H,22,23)/b21-9+. The van der Waals surface area contributed by atoms with E-state index in [-0.39, 0.29) is 12.6 Å². The van der Waals surface area contributed by atoms with Crippen LogP contribution < -0.4 is 19.6 Å². The molecule has 0 bridgehead atoms. The zero-order chi connectivity index (χ0) is 18.8. The predicted octanol–water partition coefficient (Wildman–Crippen LogP) is 3.98. The Morgan fingerprint density at radius 2 is 2.07 bits per heavy atom. The van der Waals surface area contributed by atoms with Gasteiger partial charge in [0.15, 0.2) is 17.3 Å². The number of carbonyl (C=O) groups is 1. The molecular formula is C19H15ClN2O5. The molecule has 4 rings (SSSR count). The van der Waals surface area contributed by atoms with Crippen LogP contribution in [0, 0.1) is 0 Å². The molecule has 0 atom stereocenters. The number of carbonyl (C=O) groups excluding carboxylic acids is 1. The summed E-state index contributed by atoms with van der Waals surface area (Å²) in [7, 11) is 0. The number of ether oxygens (including phenoxy) is 3. The largest absolute Gasteiger partial charge is 0.493 e. The number of amides is 1. The molecule has 0 radical (unpaired) electrons. The van der Waals surface area contributed by atoms with Gasteiger partial charge in [0.25, 0.3) is 0 Å². The molecule has 2 aromatic carbocycles. The molecule has 1 aromatic heterocycles. The van der Waals surface area contributed by atoms with Gasteiger partial charge in [0.2, 0.25) is 6.79 Å². The second-order valence-corrected chi connectivity index (χ2v) is 6.10. The van der Waals surface area contributed by atoms with Crippen LogP contribution >= 0.6 is 11.6 Å². The zero-order valence-corrected chi connectivity index (χ0v) is 15.1. The fourth-order valence-electron chi connectivity index (χ4n) is 2.66. The van der Waals surface area contributed by atoms with Crippen molar-refractivity contribution in [1.29, 1.82) is 0 Å². The van der Waals surface area contributed by atoms with Gasteiger partial charge in [-0.05, 0) is 37.3 Å². The summed E-state index contributed by atoms with van der Waals surface area (Å²) >= 11 is 5.94. The second-order valence-electron chi connectivity index (χ2n) is 5.67. The van der Waals surface area contributed by atoms with Gasteiger partial charge in [-0.1, -0.05) is 11.6 Å². The first-order valence-electron chi connectivity index (χ1n) is 8.23. The fraction of sp³-hybridized carbons (Fsp3) is 0.158. The van der Waals surface area contributed by atoms with Crippen molar-refractivity contribution in [2.45, 2.75) is 6.92 Å². The lowest BCUT2D eigenvalue weighted by molar-refractivity contribution is 0.0929. The highest BCUT2D eigenvalue weighted by molar-refractivity contribution is 6.31. The average Bonchev–Trinajstić information content (AvgIpc) is 3.27. The number of hydrazone groups is 1. The van der Waals surface area contributed by atoms with Gasteiger partial charge in [-0.25, -0.2) is 5.43 Å². The van der Waals surface area contributed by atoms with Crippen LogP contribution in [0.3, 0.4) is 0 Å². The number of hydrogen-bond acceptors (Lipinski definition) is 6. The van der Waals surface area contributed by atoms with Gasteiger partial charge in [0, 0.05) is 22.0 Å². The minimum Gasteiger partial charge on any atom is -0.493 e. The van der Waals surface area contributed by atoms with Crippen LogP contribution in [-0.2, 0) is 0 Å². The van der Waals surface area contributed by atoms with Crippen LogP contribution in [0.15, 0.2) is 45.9 Å². The van der Waals surface area contributed by atoms with Crippen molar-refractivity contribution in [2.24, 2.45) is 5.10 Å². The number of nitrogens with one attached hydrogen (secondary N) is 1. The minimum atomic E-state index is -0.475. The van der Waals surface area contributed by atoms with Gasteiger partial charge in [0.05, 0.1) is 12.8 Å². The molecule has 0 spiro atoms. The molecule has 138 valence electrons. The summed E-state index contributed by atoms with van der Waals surface area (Å²) in [6.45, 7) is 2.52. The molecule has 0 saturated heterocycles. The van der Waals surface area contributed by atoms with E-state index < -0.39 is 5.91 Å². The van der Waals surface area contributed by atoms with E-state index in [4.69, 9.17) is 30.2 Å². The lowest BCUT2D eigenvalue weighted by atomic mass is 10.2. The zero-order valence-electron chi connectivity index (χ0n) is 14.3. The number of hydrogen-bond donors (Lipinski definition) is 1. The molecular weight excluding hydrogens is 372 g/mol. The van der Waals surface area contributed by atoms with E-state index in [9.17, 15) is 4.79 Å². The van der Waals surface area contributed by atoms with E-state index in [1.54, 1.807) is 36.4 Å². The molecule has 3 aromatic rings. The molecule has 7 nitrogen and oxygen atoms in total. The van der Waals surface area contributed by atoms with Crippen LogP contribution in [0.1, 0.15) is 23.0 Å². The van der Waals surface area contributed by atoms with Gasteiger partial charge in [-0.2, -0.15) is 5.10 Å². The van der Waals surface area contributed by atoms with Crippen LogP contribution in [0.25, 0.3) is 11.0 Å². The third-order valence-corrected chi connectivity index (χ3v) is 4.11. The maximum atomic E-state index is 12.3. The van der Waals surface area contributed by atoms with E-state index in [1.165, 1.54) is 6.21 Å². The van der Waals surface area contributed by atoms with Crippen LogP contribution in [0.5, 0.6) is 17.2 Å². The Morgan fingerprint density at radius 3 is 2.89 bits per heavy atom. The molecule has 1 amide bonds.